The second-order valence-electron chi connectivity index (χ2n) is 7.48. The molecular formula is C15H24O5P2. The van der Waals surface area contributed by atoms with Gasteiger partial charge < -0.3 is 9.42 Å². The summed E-state index contributed by atoms with van der Waals surface area (Å²) in [5.41, 5.74) is 2.21. The third-order valence-corrected chi connectivity index (χ3v) is 5.70. The van der Waals surface area contributed by atoms with Crippen molar-refractivity contribution in [3.63, 3.8) is 0 Å². The van der Waals surface area contributed by atoms with Crippen LogP contribution in [0.1, 0.15) is 58.2 Å². The van der Waals surface area contributed by atoms with E-state index in [2.05, 4.69) is 20.8 Å². The first kappa shape index (κ1) is 19.3. The molecule has 22 heavy (non-hydrogen) atoms. The van der Waals surface area contributed by atoms with E-state index in [0.717, 1.165) is 11.1 Å². The van der Waals surface area contributed by atoms with Gasteiger partial charge in [-0.2, -0.15) is 4.57 Å². The maximum absolute atomic E-state index is 11.7. The molecular weight excluding hydrogens is 322 g/mol. The third-order valence-electron chi connectivity index (χ3n) is 3.37. The summed E-state index contributed by atoms with van der Waals surface area (Å²) < 4.78 is 27.6. The molecule has 0 fully saturated rings. The highest BCUT2D eigenvalue weighted by molar-refractivity contribution is 8.19. The van der Waals surface area contributed by atoms with E-state index in [0.29, 0.717) is 5.56 Å². The number of hydrogen-bond acceptors (Lipinski definition) is 4. The second-order valence-corrected chi connectivity index (χ2v) is 11.6. The van der Waals surface area contributed by atoms with Gasteiger partial charge in [0.1, 0.15) is 5.75 Å². The quantitative estimate of drug-likeness (QED) is 0.830. The molecule has 0 bridgehead atoms. The fraction of sp³-hybridized carbons (Fsp3) is 0.600. The van der Waals surface area contributed by atoms with Crippen LogP contribution in [-0.2, 0) is 20.0 Å². The average molecular weight is 346 g/mol. The maximum atomic E-state index is 11.7. The van der Waals surface area contributed by atoms with Gasteiger partial charge in [0.15, 0.2) is 0 Å². The monoisotopic (exact) mass is 346 g/mol. The number of aryl methyl sites for hydroxylation is 1. The van der Waals surface area contributed by atoms with Gasteiger partial charge in [0.05, 0.1) is 0 Å². The Morgan fingerprint density at radius 2 is 1.55 bits per heavy atom. The molecule has 0 aliphatic carbocycles. The zero-order valence-electron chi connectivity index (χ0n) is 14.1. The molecule has 0 radical (unpaired) electrons. The average Bonchev–Trinajstić information content (AvgIpc) is 2.24. The molecule has 2 unspecified atom stereocenters. The Hall–Kier alpha value is -0.730. The lowest BCUT2D eigenvalue weighted by Gasteiger charge is -2.28. The summed E-state index contributed by atoms with van der Waals surface area (Å²) in [6.07, 6.45) is 0. The van der Waals surface area contributed by atoms with Crippen molar-refractivity contribution in [2.24, 2.45) is 0 Å². The first-order chi connectivity index (χ1) is 9.66. The zero-order valence-corrected chi connectivity index (χ0v) is 15.9. The number of benzene rings is 1. The Morgan fingerprint density at radius 3 is 1.91 bits per heavy atom. The van der Waals surface area contributed by atoms with E-state index in [-0.39, 0.29) is 16.6 Å². The van der Waals surface area contributed by atoms with Crippen molar-refractivity contribution < 1.29 is 23.4 Å². The molecule has 0 heterocycles. The van der Waals surface area contributed by atoms with Gasteiger partial charge in [0.25, 0.3) is 0 Å². The summed E-state index contributed by atoms with van der Waals surface area (Å²) >= 11 is 0. The van der Waals surface area contributed by atoms with Gasteiger partial charge in [-0.1, -0.05) is 52.2 Å². The zero-order chi connectivity index (χ0) is 17.5. The van der Waals surface area contributed by atoms with Crippen molar-refractivity contribution in [2.45, 2.75) is 59.3 Å². The van der Waals surface area contributed by atoms with Crippen LogP contribution in [-0.4, -0.2) is 4.89 Å². The predicted octanol–water partition coefficient (Wildman–Crippen LogP) is 4.17. The Labute approximate surface area is 133 Å². The minimum absolute atomic E-state index is 0.102. The third kappa shape index (κ3) is 4.39. The lowest BCUT2D eigenvalue weighted by molar-refractivity contribution is -0.159. The molecule has 1 aromatic carbocycles. The molecule has 2 atom stereocenters. The van der Waals surface area contributed by atoms with E-state index < -0.39 is 15.0 Å². The van der Waals surface area contributed by atoms with E-state index in [4.69, 9.17) is 4.52 Å². The summed E-state index contributed by atoms with van der Waals surface area (Å²) in [5, 5.41) is 0. The highest BCUT2D eigenvalue weighted by Crippen LogP contribution is 2.61. The van der Waals surface area contributed by atoms with E-state index >= 15 is 0 Å². The Bertz CT molecular complexity index is 639. The van der Waals surface area contributed by atoms with Crippen molar-refractivity contribution >= 4 is 15.0 Å². The topological polar surface area (TPSA) is 86.7 Å². The van der Waals surface area contributed by atoms with Gasteiger partial charge in [-0.3, -0.25) is 4.89 Å². The van der Waals surface area contributed by atoms with Gasteiger partial charge in [0, 0.05) is 5.56 Å². The van der Waals surface area contributed by atoms with Crippen molar-refractivity contribution in [2.75, 3.05) is 0 Å². The van der Waals surface area contributed by atoms with Crippen LogP contribution in [0.5, 0.6) is 5.75 Å². The summed E-state index contributed by atoms with van der Waals surface area (Å²) in [6, 6.07) is 3.57. The fourth-order valence-corrected chi connectivity index (χ4v) is 3.25. The van der Waals surface area contributed by atoms with Crippen LogP contribution >= 0.6 is 15.0 Å². The van der Waals surface area contributed by atoms with Gasteiger partial charge in [0.2, 0.25) is 0 Å². The van der Waals surface area contributed by atoms with Crippen molar-refractivity contribution in [1.82, 2.24) is 0 Å². The number of rotatable bonds is 3. The minimum atomic E-state index is -4.70. The van der Waals surface area contributed by atoms with Crippen LogP contribution in [0, 0.1) is 6.92 Å². The molecule has 0 spiro atoms. The van der Waals surface area contributed by atoms with E-state index in [9.17, 15) is 18.9 Å². The minimum Gasteiger partial charge on any atom is -0.587 e. The van der Waals surface area contributed by atoms with Crippen molar-refractivity contribution in [3.05, 3.63) is 28.8 Å². The summed E-state index contributed by atoms with van der Waals surface area (Å²) in [7, 11) is -8.27. The highest BCUT2D eigenvalue weighted by Gasteiger charge is 2.40. The normalized spacial score (nSPS) is 16.1. The first-order valence-electron chi connectivity index (χ1n) is 6.99. The molecule has 0 aromatic heterocycles. The molecule has 5 nitrogen and oxygen atoms in total. The molecule has 0 aliphatic heterocycles. The molecule has 0 saturated heterocycles. The van der Waals surface area contributed by atoms with Crippen LogP contribution in [0.4, 0.5) is 0 Å². The lowest BCUT2D eigenvalue weighted by atomic mass is 9.78. The molecule has 1 aromatic rings. The maximum Gasteiger partial charge on any atom is 0.617 e. The Kier molecular flexibility index (Phi) is 5.31. The predicted molar refractivity (Wildman–Crippen MR) is 86.6 cm³/mol. The molecule has 124 valence electrons. The molecule has 7 heteroatoms. The summed E-state index contributed by atoms with van der Waals surface area (Å²) in [6.45, 7) is 13.9. The summed E-state index contributed by atoms with van der Waals surface area (Å²) in [5.74, 6) is 0.142. The number of hydrogen-bond donors (Lipinski definition) is 1. The van der Waals surface area contributed by atoms with Crippen LogP contribution in [0.25, 0.3) is 0 Å². The Morgan fingerprint density at radius 1 is 1.09 bits per heavy atom. The molecule has 0 saturated carbocycles. The first-order valence-corrected chi connectivity index (χ1v) is 10.4. The second kappa shape index (κ2) is 6.05. The molecule has 1 N–H and O–H groups in total. The largest absolute Gasteiger partial charge is 0.617 e. The van der Waals surface area contributed by atoms with Crippen LogP contribution in [0.3, 0.4) is 0 Å². The molecule has 0 aliphatic rings. The van der Waals surface area contributed by atoms with Gasteiger partial charge >= 0.3 is 15.0 Å². The lowest BCUT2D eigenvalue weighted by Crippen LogP contribution is -2.18. The van der Waals surface area contributed by atoms with Crippen LogP contribution in [0.15, 0.2) is 12.1 Å². The summed E-state index contributed by atoms with van der Waals surface area (Å²) in [4.78, 5) is 20.4. The van der Waals surface area contributed by atoms with Gasteiger partial charge in [-0.25, -0.2) is 0 Å². The molecule has 0 amide bonds. The van der Waals surface area contributed by atoms with Crippen LogP contribution in [0.2, 0.25) is 0 Å². The standard InChI is InChI=1S/C15H24O5P2/c1-10-8-13(20-22(18,19)21(16)17)12(15(5,6)7)9-11(10)14(2,3)4/h8-9H,1-7H3,(H,18,19). The van der Waals surface area contributed by atoms with E-state index in [1.54, 1.807) is 6.07 Å². The molecule has 1 rings (SSSR count). The van der Waals surface area contributed by atoms with Gasteiger partial charge in [-0.05, 0) is 34.9 Å². The van der Waals surface area contributed by atoms with E-state index in [1.807, 2.05) is 33.8 Å². The SMILES string of the molecule is Cc1cc(OP(=O)(O)[P+](=O)[O-])c(C(C)(C)C)cc1C(C)(C)C. The van der Waals surface area contributed by atoms with Crippen LogP contribution < -0.4 is 9.42 Å². The van der Waals surface area contributed by atoms with Crippen molar-refractivity contribution in [1.29, 1.82) is 0 Å². The highest BCUT2D eigenvalue weighted by atomic mass is 32.1. The van der Waals surface area contributed by atoms with E-state index in [1.165, 1.54) is 0 Å². The Balaban J connectivity index is 3.56. The van der Waals surface area contributed by atoms with Crippen molar-refractivity contribution in [3.8, 4) is 5.75 Å². The smallest absolute Gasteiger partial charge is 0.587 e. The van der Waals surface area contributed by atoms with Gasteiger partial charge in [-0.15, -0.1) is 0 Å². The fourth-order valence-electron chi connectivity index (χ4n) is 2.31.